The first-order valence-electron chi connectivity index (χ1n) is 7.01. The number of nitrogens with zero attached hydrogens (tertiary/aromatic N) is 2. The van der Waals surface area contributed by atoms with E-state index in [1.54, 1.807) is 12.1 Å². The van der Waals surface area contributed by atoms with Crippen LogP contribution >= 0.6 is 0 Å². The Morgan fingerprint density at radius 2 is 1.81 bits per heavy atom. The molecule has 2 aromatic rings. The molecule has 0 atom stereocenters. The summed E-state index contributed by atoms with van der Waals surface area (Å²) in [6.45, 7) is 5.58. The van der Waals surface area contributed by atoms with E-state index in [9.17, 15) is 0 Å². The molecule has 2 aromatic carbocycles. The van der Waals surface area contributed by atoms with Crippen molar-refractivity contribution >= 4 is 5.69 Å². The molecule has 0 aliphatic rings. The molecule has 0 aliphatic carbocycles. The van der Waals surface area contributed by atoms with E-state index in [2.05, 4.69) is 50.1 Å². The van der Waals surface area contributed by atoms with Gasteiger partial charge in [0.1, 0.15) is 12.4 Å². The zero-order valence-corrected chi connectivity index (χ0v) is 12.8. The van der Waals surface area contributed by atoms with Crippen molar-refractivity contribution in [2.75, 3.05) is 25.1 Å². The van der Waals surface area contributed by atoms with Gasteiger partial charge in [-0.2, -0.15) is 5.26 Å². The van der Waals surface area contributed by atoms with Crippen LogP contribution in [0.2, 0.25) is 0 Å². The normalized spacial score (nSPS) is 10.0. The topological polar surface area (TPSA) is 36.3 Å². The molecule has 0 radical (unpaired) electrons. The lowest BCUT2D eigenvalue weighted by Gasteiger charge is -2.20. The summed E-state index contributed by atoms with van der Waals surface area (Å²) in [5.41, 5.74) is 4.34. The third-order valence-corrected chi connectivity index (χ3v) is 3.31. The molecule has 2 rings (SSSR count). The Kier molecular flexibility index (Phi) is 4.84. The molecule has 0 heterocycles. The summed E-state index contributed by atoms with van der Waals surface area (Å²) in [6.07, 6.45) is 0. The lowest BCUT2D eigenvalue weighted by molar-refractivity contribution is 0.326. The van der Waals surface area contributed by atoms with Crippen LogP contribution in [0, 0.1) is 25.2 Å². The third kappa shape index (κ3) is 4.25. The van der Waals surface area contributed by atoms with Crippen molar-refractivity contribution in [2.24, 2.45) is 0 Å². The Labute approximate surface area is 126 Å². The molecular weight excluding hydrogens is 260 g/mol. The summed E-state index contributed by atoms with van der Waals surface area (Å²) in [7, 11) is 2.06. The summed E-state index contributed by atoms with van der Waals surface area (Å²) in [5.74, 6) is 0.739. The number of ether oxygens (including phenoxy) is 1. The Morgan fingerprint density at radius 1 is 1.10 bits per heavy atom. The maximum absolute atomic E-state index is 8.86. The highest BCUT2D eigenvalue weighted by Gasteiger charge is 2.03. The minimum Gasteiger partial charge on any atom is -0.492 e. The van der Waals surface area contributed by atoms with Crippen molar-refractivity contribution in [3.8, 4) is 11.8 Å². The third-order valence-electron chi connectivity index (χ3n) is 3.31. The molecule has 0 fully saturated rings. The molecule has 0 unspecified atom stereocenters. The molecule has 3 nitrogen and oxygen atoms in total. The van der Waals surface area contributed by atoms with E-state index in [1.807, 2.05) is 12.1 Å². The van der Waals surface area contributed by atoms with Crippen LogP contribution in [-0.2, 0) is 0 Å². The zero-order valence-electron chi connectivity index (χ0n) is 12.8. The average Bonchev–Trinajstić information content (AvgIpc) is 2.46. The van der Waals surface area contributed by atoms with Crippen molar-refractivity contribution in [1.82, 2.24) is 0 Å². The summed E-state index contributed by atoms with van der Waals surface area (Å²) < 4.78 is 5.71. The number of anilines is 1. The fraction of sp³-hybridized carbons (Fsp3) is 0.278. The minimum absolute atomic E-state index is 0.582. The van der Waals surface area contributed by atoms with Crippen molar-refractivity contribution in [3.05, 3.63) is 59.2 Å². The summed E-state index contributed by atoms with van der Waals surface area (Å²) in [4.78, 5) is 2.17. The monoisotopic (exact) mass is 280 g/mol. The smallest absolute Gasteiger partial charge is 0.120 e. The number of hydrogen-bond donors (Lipinski definition) is 0. The second-order valence-corrected chi connectivity index (χ2v) is 5.26. The molecule has 3 heteroatoms. The van der Waals surface area contributed by atoms with Gasteiger partial charge >= 0.3 is 0 Å². The number of aryl methyl sites for hydroxylation is 2. The highest BCUT2D eigenvalue weighted by atomic mass is 16.5. The van der Waals surface area contributed by atoms with Gasteiger partial charge in [0.15, 0.2) is 0 Å². The van der Waals surface area contributed by atoms with Gasteiger partial charge in [0.2, 0.25) is 0 Å². The fourth-order valence-electron chi connectivity index (χ4n) is 2.26. The standard InChI is InChI=1S/C18H20N2O/c1-14-9-15(2)11-17(10-14)20(3)7-8-21-18-6-4-5-16(12-18)13-19/h4-6,9-12H,7-8H2,1-3H3. The molecule has 0 amide bonds. The van der Waals surface area contributed by atoms with Crippen LogP contribution in [0.5, 0.6) is 5.75 Å². The zero-order chi connectivity index (χ0) is 15.2. The molecule has 0 saturated heterocycles. The Morgan fingerprint density at radius 3 is 2.48 bits per heavy atom. The molecule has 0 bridgehead atoms. The molecule has 0 aliphatic heterocycles. The van der Waals surface area contributed by atoms with Crippen molar-refractivity contribution in [3.63, 3.8) is 0 Å². The maximum Gasteiger partial charge on any atom is 0.120 e. The first kappa shape index (κ1) is 14.9. The van der Waals surface area contributed by atoms with E-state index in [4.69, 9.17) is 10.00 Å². The van der Waals surface area contributed by atoms with Crippen LogP contribution in [-0.4, -0.2) is 20.2 Å². The van der Waals surface area contributed by atoms with Gasteiger partial charge in [-0.25, -0.2) is 0 Å². The first-order valence-corrected chi connectivity index (χ1v) is 7.01. The summed E-state index contributed by atoms with van der Waals surface area (Å²) in [5, 5.41) is 8.86. The Bertz CT molecular complexity index is 638. The van der Waals surface area contributed by atoms with Crippen molar-refractivity contribution < 1.29 is 4.74 Å². The van der Waals surface area contributed by atoms with Gasteiger partial charge < -0.3 is 9.64 Å². The van der Waals surface area contributed by atoms with Crippen molar-refractivity contribution in [1.29, 1.82) is 5.26 Å². The average molecular weight is 280 g/mol. The highest BCUT2D eigenvalue weighted by Crippen LogP contribution is 2.18. The van der Waals surface area contributed by atoms with E-state index in [0.29, 0.717) is 12.2 Å². The van der Waals surface area contributed by atoms with Crippen LogP contribution in [0.15, 0.2) is 42.5 Å². The molecular formula is C18H20N2O. The Balaban J connectivity index is 1.92. The van der Waals surface area contributed by atoms with E-state index >= 15 is 0 Å². The van der Waals surface area contributed by atoms with Gasteiger partial charge in [-0.3, -0.25) is 0 Å². The SMILES string of the molecule is Cc1cc(C)cc(N(C)CCOc2cccc(C#N)c2)c1. The molecule has 21 heavy (non-hydrogen) atoms. The quantitative estimate of drug-likeness (QED) is 0.838. The number of rotatable bonds is 5. The Hall–Kier alpha value is -2.47. The van der Waals surface area contributed by atoms with Crippen molar-refractivity contribution in [2.45, 2.75) is 13.8 Å². The number of likely N-dealkylation sites (N-methyl/N-ethyl adjacent to an activating group) is 1. The minimum atomic E-state index is 0.582. The first-order chi connectivity index (χ1) is 10.1. The number of hydrogen-bond acceptors (Lipinski definition) is 3. The second kappa shape index (κ2) is 6.81. The van der Waals surface area contributed by atoms with E-state index < -0.39 is 0 Å². The fourth-order valence-corrected chi connectivity index (χ4v) is 2.26. The largest absolute Gasteiger partial charge is 0.492 e. The number of nitriles is 1. The van der Waals surface area contributed by atoms with Gasteiger partial charge in [0, 0.05) is 12.7 Å². The number of benzene rings is 2. The van der Waals surface area contributed by atoms with Crippen LogP contribution in [0.4, 0.5) is 5.69 Å². The molecule has 0 spiro atoms. The summed E-state index contributed by atoms with van der Waals surface area (Å²) >= 11 is 0. The van der Waals surface area contributed by atoms with Gasteiger partial charge in [0.25, 0.3) is 0 Å². The molecule has 108 valence electrons. The predicted octanol–water partition coefficient (Wildman–Crippen LogP) is 3.69. The van der Waals surface area contributed by atoms with Crippen LogP contribution in [0.25, 0.3) is 0 Å². The van der Waals surface area contributed by atoms with Gasteiger partial charge in [-0.1, -0.05) is 12.1 Å². The lowest BCUT2D eigenvalue weighted by atomic mass is 10.1. The van der Waals surface area contributed by atoms with E-state index in [-0.39, 0.29) is 0 Å². The van der Waals surface area contributed by atoms with Crippen LogP contribution in [0.3, 0.4) is 0 Å². The second-order valence-electron chi connectivity index (χ2n) is 5.26. The van der Waals surface area contributed by atoms with Gasteiger partial charge in [-0.05, 0) is 55.3 Å². The molecule has 0 saturated carbocycles. The molecule has 0 aromatic heterocycles. The van der Waals surface area contributed by atoms with Crippen LogP contribution in [0.1, 0.15) is 16.7 Å². The van der Waals surface area contributed by atoms with E-state index in [1.165, 1.54) is 16.8 Å². The predicted molar refractivity (Wildman–Crippen MR) is 85.8 cm³/mol. The van der Waals surface area contributed by atoms with E-state index in [0.717, 1.165) is 12.3 Å². The molecule has 0 N–H and O–H groups in total. The van der Waals surface area contributed by atoms with Crippen LogP contribution < -0.4 is 9.64 Å². The van der Waals surface area contributed by atoms with Gasteiger partial charge in [0.05, 0.1) is 18.2 Å². The van der Waals surface area contributed by atoms with Gasteiger partial charge in [-0.15, -0.1) is 0 Å². The lowest BCUT2D eigenvalue weighted by Crippen LogP contribution is -2.23. The maximum atomic E-state index is 8.86. The summed E-state index contributed by atoms with van der Waals surface area (Å²) in [6, 6.07) is 15.9. The highest BCUT2D eigenvalue weighted by molar-refractivity contribution is 5.50.